The Bertz CT molecular complexity index is 312. The van der Waals surface area contributed by atoms with Gasteiger partial charge in [0.2, 0.25) is 5.91 Å². The summed E-state index contributed by atoms with van der Waals surface area (Å²) in [6.07, 6.45) is 3.58. The highest BCUT2D eigenvalue weighted by Gasteiger charge is 2.42. The highest BCUT2D eigenvalue weighted by atomic mass is 16.2. The van der Waals surface area contributed by atoms with Gasteiger partial charge in [0.1, 0.15) is 0 Å². The number of fused-ring (bicyclic) bond motifs is 1. The van der Waals surface area contributed by atoms with Crippen LogP contribution in [0.5, 0.6) is 0 Å². The molecule has 3 rings (SSSR count). The third-order valence-corrected chi connectivity index (χ3v) is 4.76. The molecule has 0 bridgehead atoms. The number of amides is 1. The van der Waals surface area contributed by atoms with Crippen molar-refractivity contribution in [2.45, 2.75) is 32.2 Å². The minimum absolute atomic E-state index is 0.138. The fourth-order valence-corrected chi connectivity index (χ4v) is 3.56. The first-order valence-corrected chi connectivity index (χ1v) is 6.93. The number of carbonyl (C=O) groups is 1. The van der Waals surface area contributed by atoms with E-state index in [1.54, 1.807) is 0 Å². The molecule has 3 fully saturated rings. The van der Waals surface area contributed by atoms with E-state index < -0.39 is 0 Å². The topological polar surface area (TPSA) is 35.6 Å². The lowest BCUT2D eigenvalue weighted by molar-refractivity contribution is -0.142. The summed E-state index contributed by atoms with van der Waals surface area (Å²) in [7, 11) is 0. The van der Waals surface area contributed by atoms with E-state index >= 15 is 0 Å². The SMILES string of the molecule is CC1(C(=O)N2CCN3CCCC3C2)CCNC1. The Hall–Kier alpha value is -0.610. The van der Waals surface area contributed by atoms with Crippen molar-refractivity contribution in [2.75, 3.05) is 39.3 Å². The Morgan fingerprint density at radius 3 is 3.00 bits per heavy atom. The maximum atomic E-state index is 12.6. The molecular formula is C13H23N3O. The maximum Gasteiger partial charge on any atom is 0.229 e. The lowest BCUT2D eigenvalue weighted by atomic mass is 9.87. The molecular weight excluding hydrogens is 214 g/mol. The molecule has 0 aromatic carbocycles. The summed E-state index contributed by atoms with van der Waals surface area (Å²) >= 11 is 0. The lowest BCUT2D eigenvalue weighted by Gasteiger charge is -2.40. The second-order valence-corrected chi connectivity index (χ2v) is 6.07. The smallest absolute Gasteiger partial charge is 0.229 e. The molecule has 96 valence electrons. The second-order valence-electron chi connectivity index (χ2n) is 6.07. The van der Waals surface area contributed by atoms with Gasteiger partial charge < -0.3 is 10.2 Å². The van der Waals surface area contributed by atoms with Gasteiger partial charge in [-0.3, -0.25) is 9.69 Å². The van der Waals surface area contributed by atoms with Crippen LogP contribution in [0.3, 0.4) is 0 Å². The first-order valence-electron chi connectivity index (χ1n) is 6.93. The van der Waals surface area contributed by atoms with Crippen molar-refractivity contribution < 1.29 is 4.79 Å². The van der Waals surface area contributed by atoms with Crippen LogP contribution in [0, 0.1) is 5.41 Å². The van der Waals surface area contributed by atoms with Gasteiger partial charge in [-0.1, -0.05) is 0 Å². The number of rotatable bonds is 1. The highest BCUT2D eigenvalue weighted by Crippen LogP contribution is 2.30. The molecule has 0 saturated carbocycles. The van der Waals surface area contributed by atoms with Crippen molar-refractivity contribution >= 4 is 5.91 Å². The van der Waals surface area contributed by atoms with Crippen LogP contribution in [0.15, 0.2) is 0 Å². The van der Waals surface area contributed by atoms with Gasteiger partial charge in [0.25, 0.3) is 0 Å². The average molecular weight is 237 g/mol. The van der Waals surface area contributed by atoms with Gasteiger partial charge in [0.15, 0.2) is 0 Å². The number of piperazine rings is 1. The van der Waals surface area contributed by atoms with E-state index in [9.17, 15) is 4.79 Å². The monoisotopic (exact) mass is 237 g/mol. The number of hydrogen-bond donors (Lipinski definition) is 1. The van der Waals surface area contributed by atoms with Crippen molar-refractivity contribution in [3.63, 3.8) is 0 Å². The van der Waals surface area contributed by atoms with E-state index in [0.29, 0.717) is 11.9 Å². The van der Waals surface area contributed by atoms with Crippen molar-refractivity contribution in [3.8, 4) is 0 Å². The van der Waals surface area contributed by atoms with Gasteiger partial charge >= 0.3 is 0 Å². The van der Waals surface area contributed by atoms with E-state index in [1.165, 1.54) is 19.4 Å². The zero-order valence-corrected chi connectivity index (χ0v) is 10.7. The summed E-state index contributed by atoms with van der Waals surface area (Å²) < 4.78 is 0. The third kappa shape index (κ3) is 1.97. The van der Waals surface area contributed by atoms with Crippen LogP contribution in [0.1, 0.15) is 26.2 Å². The van der Waals surface area contributed by atoms with Gasteiger partial charge in [-0.25, -0.2) is 0 Å². The molecule has 0 aliphatic carbocycles. The molecule has 0 aromatic rings. The summed E-state index contributed by atoms with van der Waals surface area (Å²) in [6.45, 7) is 8.20. The molecule has 0 aromatic heterocycles. The van der Waals surface area contributed by atoms with Crippen molar-refractivity contribution in [3.05, 3.63) is 0 Å². The van der Waals surface area contributed by atoms with Gasteiger partial charge in [0.05, 0.1) is 5.41 Å². The van der Waals surface area contributed by atoms with Gasteiger partial charge in [-0.05, 0) is 39.3 Å². The molecule has 2 atom stereocenters. The molecule has 4 heteroatoms. The Kier molecular flexibility index (Phi) is 2.87. The molecule has 0 spiro atoms. The highest BCUT2D eigenvalue weighted by molar-refractivity contribution is 5.83. The summed E-state index contributed by atoms with van der Waals surface area (Å²) in [4.78, 5) is 17.3. The largest absolute Gasteiger partial charge is 0.339 e. The first kappa shape index (κ1) is 11.5. The quantitative estimate of drug-likeness (QED) is 0.712. The second kappa shape index (κ2) is 4.25. The van der Waals surface area contributed by atoms with E-state index in [4.69, 9.17) is 0 Å². The average Bonchev–Trinajstić information content (AvgIpc) is 2.96. The molecule has 0 radical (unpaired) electrons. The van der Waals surface area contributed by atoms with Crippen LogP contribution >= 0.6 is 0 Å². The van der Waals surface area contributed by atoms with E-state index in [2.05, 4.69) is 22.0 Å². The molecule has 4 nitrogen and oxygen atoms in total. The summed E-state index contributed by atoms with van der Waals surface area (Å²) in [5.41, 5.74) is -0.138. The Morgan fingerprint density at radius 1 is 1.35 bits per heavy atom. The summed E-state index contributed by atoms with van der Waals surface area (Å²) in [5, 5.41) is 3.32. The van der Waals surface area contributed by atoms with Crippen molar-refractivity contribution in [2.24, 2.45) is 5.41 Å². The van der Waals surface area contributed by atoms with Crippen LogP contribution in [-0.2, 0) is 4.79 Å². The summed E-state index contributed by atoms with van der Waals surface area (Å²) in [5.74, 6) is 0.383. The van der Waals surface area contributed by atoms with Crippen LogP contribution < -0.4 is 5.32 Å². The molecule has 3 heterocycles. The third-order valence-electron chi connectivity index (χ3n) is 4.76. The van der Waals surface area contributed by atoms with Crippen LogP contribution in [0.2, 0.25) is 0 Å². The minimum atomic E-state index is -0.138. The molecule has 2 unspecified atom stereocenters. The molecule has 3 aliphatic heterocycles. The van der Waals surface area contributed by atoms with Gasteiger partial charge in [0, 0.05) is 32.2 Å². The van der Waals surface area contributed by atoms with Crippen molar-refractivity contribution in [1.82, 2.24) is 15.1 Å². The van der Waals surface area contributed by atoms with Crippen molar-refractivity contribution in [1.29, 1.82) is 0 Å². The zero-order valence-electron chi connectivity index (χ0n) is 10.7. The molecule has 1 amide bonds. The van der Waals surface area contributed by atoms with Crippen LogP contribution in [0.4, 0.5) is 0 Å². The van der Waals surface area contributed by atoms with Gasteiger partial charge in [-0.2, -0.15) is 0 Å². The maximum absolute atomic E-state index is 12.6. The predicted octanol–water partition coefficient (Wildman–Crippen LogP) is 0.293. The molecule has 3 aliphatic rings. The number of nitrogens with one attached hydrogen (secondary N) is 1. The number of nitrogens with zero attached hydrogens (tertiary/aromatic N) is 2. The fraction of sp³-hybridized carbons (Fsp3) is 0.923. The predicted molar refractivity (Wildman–Crippen MR) is 66.8 cm³/mol. The van der Waals surface area contributed by atoms with E-state index in [-0.39, 0.29) is 5.41 Å². The standard InChI is InChI=1S/C13H23N3O/c1-13(4-5-14-10-13)12(17)16-8-7-15-6-2-3-11(15)9-16/h11,14H,2-10H2,1H3. The Labute approximate surface area is 103 Å². The van der Waals surface area contributed by atoms with Gasteiger partial charge in [-0.15, -0.1) is 0 Å². The first-order chi connectivity index (χ1) is 8.19. The summed E-state index contributed by atoms with van der Waals surface area (Å²) in [6, 6.07) is 0.644. The van der Waals surface area contributed by atoms with E-state index in [0.717, 1.165) is 39.1 Å². The van der Waals surface area contributed by atoms with Crippen LogP contribution in [-0.4, -0.2) is 61.0 Å². The Morgan fingerprint density at radius 2 is 2.24 bits per heavy atom. The van der Waals surface area contributed by atoms with Crippen LogP contribution in [0.25, 0.3) is 0 Å². The zero-order chi connectivity index (χ0) is 11.9. The molecule has 3 saturated heterocycles. The lowest BCUT2D eigenvalue weighted by Crippen LogP contribution is -2.55. The number of hydrogen-bond acceptors (Lipinski definition) is 3. The Balaban J connectivity index is 1.66. The minimum Gasteiger partial charge on any atom is -0.339 e. The van der Waals surface area contributed by atoms with E-state index in [1.807, 2.05) is 0 Å². The fourth-order valence-electron chi connectivity index (χ4n) is 3.56. The molecule has 1 N–H and O–H groups in total. The molecule has 17 heavy (non-hydrogen) atoms. The normalized spacial score (nSPS) is 38.4. The number of carbonyl (C=O) groups excluding carboxylic acids is 1.